The number of hydrogen-bond acceptors (Lipinski definition) is 4. The summed E-state index contributed by atoms with van der Waals surface area (Å²) in [7, 11) is 3.87. The van der Waals surface area contributed by atoms with E-state index in [1.54, 1.807) is 23.1 Å². The fraction of sp³-hybridized carbons (Fsp3) is 0.278. The maximum absolute atomic E-state index is 12.3. The average Bonchev–Trinajstić information content (AvgIpc) is 3.12. The number of urea groups is 1. The van der Waals surface area contributed by atoms with Crippen LogP contribution < -0.4 is 11.1 Å². The van der Waals surface area contributed by atoms with Gasteiger partial charge < -0.3 is 14.6 Å². The summed E-state index contributed by atoms with van der Waals surface area (Å²) in [6, 6.07) is 10.6. The number of likely N-dealkylation sites (N-methyl/N-ethyl adjacent to an activating group) is 1. The normalized spacial score (nSPS) is 20.4. The van der Waals surface area contributed by atoms with Crippen LogP contribution in [0.5, 0.6) is 0 Å². The third kappa shape index (κ3) is 3.16. The summed E-state index contributed by atoms with van der Waals surface area (Å²) >= 11 is 5.93. The Hall–Kier alpha value is -2.28. The van der Waals surface area contributed by atoms with E-state index >= 15 is 0 Å². The van der Waals surface area contributed by atoms with Crippen LogP contribution in [-0.2, 0) is 5.66 Å². The molecule has 1 fully saturated rings. The predicted octanol–water partition coefficient (Wildman–Crippen LogP) is 2.81. The van der Waals surface area contributed by atoms with Gasteiger partial charge in [-0.3, -0.25) is 10.6 Å². The molecule has 6 nitrogen and oxygen atoms in total. The van der Waals surface area contributed by atoms with Crippen LogP contribution in [0.1, 0.15) is 5.76 Å². The number of carbonyl (C=O) groups is 1. The van der Waals surface area contributed by atoms with Crippen LogP contribution >= 0.6 is 11.6 Å². The fourth-order valence-corrected chi connectivity index (χ4v) is 2.91. The molecular weight excluding hydrogens is 340 g/mol. The predicted molar refractivity (Wildman–Crippen MR) is 98.0 cm³/mol. The third-order valence-corrected chi connectivity index (χ3v) is 4.52. The van der Waals surface area contributed by atoms with Crippen molar-refractivity contribution in [2.24, 2.45) is 5.73 Å². The molecule has 0 saturated carbocycles. The Balaban J connectivity index is 1.94. The minimum Gasteiger partial charge on any atom is -0.457 e. The van der Waals surface area contributed by atoms with Gasteiger partial charge in [0.1, 0.15) is 5.76 Å². The number of halogens is 1. The third-order valence-electron chi connectivity index (χ3n) is 4.27. The summed E-state index contributed by atoms with van der Waals surface area (Å²) in [5, 5.41) is 3.36. The molecule has 2 heterocycles. The number of carbonyl (C=O) groups excluding carboxylic acids is 1. The van der Waals surface area contributed by atoms with Gasteiger partial charge in [0.25, 0.3) is 0 Å². The number of rotatable bonds is 5. The van der Waals surface area contributed by atoms with Crippen LogP contribution in [0.15, 0.2) is 53.1 Å². The zero-order chi connectivity index (χ0) is 18.2. The number of benzene rings is 1. The molecular formula is C18H21ClN4O2. The van der Waals surface area contributed by atoms with Crippen molar-refractivity contribution >= 4 is 17.6 Å². The van der Waals surface area contributed by atoms with Crippen LogP contribution in [0.25, 0.3) is 11.3 Å². The average molecular weight is 361 g/mol. The number of amides is 2. The molecule has 0 bridgehead atoms. The summed E-state index contributed by atoms with van der Waals surface area (Å²) in [5.74, 6) is 1.11. The highest BCUT2D eigenvalue weighted by Crippen LogP contribution is 2.36. The first kappa shape index (κ1) is 17.5. The number of nitrogens with two attached hydrogens (primary N) is 1. The lowest BCUT2D eigenvalue weighted by molar-refractivity contribution is 0.144. The molecule has 132 valence electrons. The van der Waals surface area contributed by atoms with Gasteiger partial charge in [0.05, 0.1) is 5.70 Å². The van der Waals surface area contributed by atoms with Gasteiger partial charge in [-0.05, 0) is 50.5 Å². The second-order valence-electron chi connectivity index (χ2n) is 6.30. The second-order valence-corrected chi connectivity index (χ2v) is 6.74. The Morgan fingerprint density at radius 2 is 1.96 bits per heavy atom. The van der Waals surface area contributed by atoms with Crippen LogP contribution in [0.4, 0.5) is 4.79 Å². The Morgan fingerprint density at radius 1 is 1.28 bits per heavy atom. The molecule has 2 amide bonds. The van der Waals surface area contributed by atoms with Crippen LogP contribution in [-0.4, -0.2) is 43.0 Å². The number of furan rings is 1. The molecule has 1 aliphatic heterocycles. The Morgan fingerprint density at radius 3 is 2.60 bits per heavy atom. The summed E-state index contributed by atoms with van der Waals surface area (Å²) in [5.41, 5.74) is 6.62. The molecule has 1 aromatic carbocycles. The first-order chi connectivity index (χ1) is 11.8. The molecule has 3 N–H and O–H groups in total. The number of hydrogen-bond donors (Lipinski definition) is 2. The minimum absolute atomic E-state index is 0.279. The molecule has 0 spiro atoms. The van der Waals surface area contributed by atoms with Crippen molar-refractivity contribution in [2.45, 2.75) is 5.66 Å². The van der Waals surface area contributed by atoms with E-state index in [1.807, 2.05) is 37.2 Å². The maximum atomic E-state index is 12.3. The first-order valence-electron chi connectivity index (χ1n) is 7.90. The zero-order valence-electron chi connectivity index (χ0n) is 14.3. The molecule has 1 aromatic heterocycles. The van der Waals surface area contributed by atoms with E-state index in [1.165, 1.54) is 0 Å². The summed E-state index contributed by atoms with van der Waals surface area (Å²) in [4.78, 5) is 15.8. The molecule has 3 rings (SSSR count). The smallest absolute Gasteiger partial charge is 0.323 e. The van der Waals surface area contributed by atoms with E-state index in [0.717, 1.165) is 5.56 Å². The highest BCUT2D eigenvalue weighted by molar-refractivity contribution is 6.30. The fourth-order valence-electron chi connectivity index (χ4n) is 2.79. The zero-order valence-corrected chi connectivity index (χ0v) is 15.0. The SMILES string of the molecule is C=C1NC(=O)N(CCN(C)C)C1(N)c1ccc(-c2ccc(Cl)cc2)o1. The largest absolute Gasteiger partial charge is 0.457 e. The minimum atomic E-state index is -1.22. The number of nitrogens with one attached hydrogen (secondary N) is 1. The Bertz CT molecular complexity index is 800. The molecule has 1 aliphatic rings. The second kappa shape index (κ2) is 6.55. The molecule has 25 heavy (non-hydrogen) atoms. The molecule has 7 heteroatoms. The van der Waals surface area contributed by atoms with Crippen LogP contribution in [0.3, 0.4) is 0 Å². The lowest BCUT2D eigenvalue weighted by Gasteiger charge is -2.32. The highest BCUT2D eigenvalue weighted by Gasteiger charge is 2.49. The highest BCUT2D eigenvalue weighted by atomic mass is 35.5. The summed E-state index contributed by atoms with van der Waals surface area (Å²) in [6.07, 6.45) is 0. The quantitative estimate of drug-likeness (QED) is 0.859. The molecule has 0 aliphatic carbocycles. The van der Waals surface area contributed by atoms with E-state index in [4.69, 9.17) is 21.8 Å². The lowest BCUT2D eigenvalue weighted by atomic mass is 10.0. The first-order valence-corrected chi connectivity index (χ1v) is 8.28. The van der Waals surface area contributed by atoms with Crippen molar-refractivity contribution in [1.29, 1.82) is 0 Å². The van der Waals surface area contributed by atoms with Gasteiger partial charge in [-0.1, -0.05) is 18.2 Å². The van der Waals surface area contributed by atoms with E-state index in [0.29, 0.717) is 35.3 Å². The van der Waals surface area contributed by atoms with E-state index in [2.05, 4.69) is 11.9 Å². The Labute approximate surface area is 151 Å². The van der Waals surface area contributed by atoms with Gasteiger partial charge in [0, 0.05) is 23.7 Å². The van der Waals surface area contributed by atoms with Crippen molar-refractivity contribution in [1.82, 2.24) is 15.1 Å². The van der Waals surface area contributed by atoms with Crippen molar-refractivity contribution in [3.05, 3.63) is 59.5 Å². The van der Waals surface area contributed by atoms with Crippen molar-refractivity contribution < 1.29 is 9.21 Å². The molecule has 1 unspecified atom stereocenters. The van der Waals surface area contributed by atoms with Gasteiger partial charge >= 0.3 is 6.03 Å². The van der Waals surface area contributed by atoms with Crippen LogP contribution in [0, 0.1) is 0 Å². The van der Waals surface area contributed by atoms with Crippen LogP contribution in [0.2, 0.25) is 5.02 Å². The van der Waals surface area contributed by atoms with Crippen molar-refractivity contribution in [2.75, 3.05) is 27.2 Å². The van der Waals surface area contributed by atoms with Crippen molar-refractivity contribution in [3.63, 3.8) is 0 Å². The summed E-state index contributed by atoms with van der Waals surface area (Å²) in [6.45, 7) is 5.04. The van der Waals surface area contributed by atoms with Gasteiger partial charge in [0.2, 0.25) is 0 Å². The van der Waals surface area contributed by atoms with Gasteiger partial charge in [-0.25, -0.2) is 4.79 Å². The maximum Gasteiger partial charge on any atom is 0.323 e. The van der Waals surface area contributed by atoms with E-state index in [-0.39, 0.29) is 6.03 Å². The van der Waals surface area contributed by atoms with E-state index in [9.17, 15) is 4.79 Å². The Kier molecular flexibility index (Phi) is 4.60. The van der Waals surface area contributed by atoms with Gasteiger partial charge in [-0.2, -0.15) is 0 Å². The molecule has 1 atom stereocenters. The molecule has 0 radical (unpaired) electrons. The van der Waals surface area contributed by atoms with Crippen molar-refractivity contribution in [3.8, 4) is 11.3 Å². The standard InChI is InChI=1S/C18H21ClN4O2/c1-12-18(20,23(17(24)21-12)11-10-22(2)3)16-9-8-15(25-16)13-4-6-14(19)7-5-13/h4-9H,1,10-11,20H2,2-3H3,(H,21,24). The summed E-state index contributed by atoms with van der Waals surface area (Å²) < 4.78 is 5.98. The van der Waals surface area contributed by atoms with Gasteiger partial charge in [0.15, 0.2) is 11.4 Å². The topological polar surface area (TPSA) is 74.7 Å². The van der Waals surface area contributed by atoms with Gasteiger partial charge in [-0.15, -0.1) is 0 Å². The van der Waals surface area contributed by atoms with E-state index < -0.39 is 5.66 Å². The number of nitrogens with zero attached hydrogens (tertiary/aromatic N) is 2. The lowest BCUT2D eigenvalue weighted by Crippen LogP contribution is -2.52. The molecule has 1 saturated heterocycles. The molecule has 2 aromatic rings. The monoisotopic (exact) mass is 360 g/mol.